The predicted molar refractivity (Wildman–Crippen MR) is 68.3 cm³/mol. The Morgan fingerprint density at radius 1 is 1.12 bits per heavy atom. The first-order chi connectivity index (χ1) is 7.69. The lowest BCUT2D eigenvalue weighted by Crippen LogP contribution is -2.45. The van der Waals surface area contributed by atoms with Gasteiger partial charge in [-0.1, -0.05) is 11.6 Å². The molecule has 0 atom stereocenters. The van der Waals surface area contributed by atoms with Crippen LogP contribution in [-0.2, 0) is 0 Å². The third-order valence-electron chi connectivity index (χ3n) is 5.09. The van der Waals surface area contributed by atoms with Gasteiger partial charge in [-0.3, -0.25) is 0 Å². The average Bonchev–Trinajstić information content (AvgIpc) is 2.13. The van der Waals surface area contributed by atoms with Crippen molar-refractivity contribution in [1.82, 2.24) is 5.32 Å². The molecule has 4 bridgehead atoms. The maximum Gasteiger partial charge on any atom is 0.0159 e. The van der Waals surface area contributed by atoms with Crippen molar-refractivity contribution in [3.05, 3.63) is 11.6 Å². The van der Waals surface area contributed by atoms with Crippen molar-refractivity contribution in [2.75, 3.05) is 13.6 Å². The van der Waals surface area contributed by atoms with Crippen LogP contribution in [0.25, 0.3) is 0 Å². The number of likely N-dealkylation sites (N-methyl/N-ethyl adjacent to an activating group) is 1. The highest BCUT2D eigenvalue weighted by atomic mass is 14.8. The van der Waals surface area contributed by atoms with E-state index >= 15 is 0 Å². The first-order valence-corrected chi connectivity index (χ1v) is 7.02. The van der Waals surface area contributed by atoms with Crippen molar-refractivity contribution < 1.29 is 0 Å². The zero-order valence-corrected chi connectivity index (χ0v) is 10.8. The molecule has 0 heterocycles. The minimum Gasteiger partial charge on any atom is -0.316 e. The SMILES string of the molecule is CNC/C(C)=C/C12CC3CC(CC(C3)C1)C2. The minimum absolute atomic E-state index is 0.621. The van der Waals surface area contributed by atoms with Gasteiger partial charge < -0.3 is 5.32 Å². The highest BCUT2D eigenvalue weighted by Gasteiger charge is 2.49. The van der Waals surface area contributed by atoms with Gasteiger partial charge in [0, 0.05) is 6.54 Å². The second-order valence-corrected chi connectivity index (χ2v) is 6.80. The molecule has 0 aromatic carbocycles. The standard InChI is InChI=1S/C15H25N/c1-11(10-16-2)6-15-7-12-3-13(8-15)5-14(4-12)9-15/h6,12-14,16H,3-5,7-10H2,1-2H3/b11-6+. The van der Waals surface area contributed by atoms with Crippen LogP contribution in [0.15, 0.2) is 11.6 Å². The summed E-state index contributed by atoms with van der Waals surface area (Å²) < 4.78 is 0. The van der Waals surface area contributed by atoms with E-state index in [-0.39, 0.29) is 0 Å². The van der Waals surface area contributed by atoms with Crippen LogP contribution in [0.5, 0.6) is 0 Å². The topological polar surface area (TPSA) is 12.0 Å². The van der Waals surface area contributed by atoms with Gasteiger partial charge in [0.2, 0.25) is 0 Å². The number of hydrogen-bond donors (Lipinski definition) is 1. The Kier molecular flexibility index (Phi) is 2.62. The fourth-order valence-electron chi connectivity index (χ4n) is 5.21. The average molecular weight is 219 g/mol. The molecule has 1 nitrogen and oxygen atoms in total. The zero-order chi connectivity index (χ0) is 11.2. The van der Waals surface area contributed by atoms with Gasteiger partial charge in [-0.15, -0.1) is 0 Å². The Morgan fingerprint density at radius 3 is 2.06 bits per heavy atom. The molecule has 4 saturated carbocycles. The largest absolute Gasteiger partial charge is 0.316 e. The molecule has 90 valence electrons. The van der Waals surface area contributed by atoms with Crippen molar-refractivity contribution >= 4 is 0 Å². The number of nitrogens with one attached hydrogen (secondary N) is 1. The lowest BCUT2D eigenvalue weighted by molar-refractivity contribution is -0.0241. The van der Waals surface area contributed by atoms with Gasteiger partial charge in [0.25, 0.3) is 0 Å². The zero-order valence-electron chi connectivity index (χ0n) is 10.8. The van der Waals surface area contributed by atoms with Crippen molar-refractivity contribution in [2.45, 2.75) is 45.4 Å². The summed E-state index contributed by atoms with van der Waals surface area (Å²) in [6, 6.07) is 0. The highest BCUT2D eigenvalue weighted by molar-refractivity contribution is 5.15. The summed E-state index contributed by atoms with van der Waals surface area (Å²) in [5.74, 6) is 3.22. The molecule has 4 rings (SSSR count). The summed E-state index contributed by atoms with van der Waals surface area (Å²) in [6.07, 6.45) is 11.8. The van der Waals surface area contributed by atoms with Gasteiger partial charge >= 0.3 is 0 Å². The van der Waals surface area contributed by atoms with E-state index in [0.29, 0.717) is 5.41 Å². The van der Waals surface area contributed by atoms with Crippen LogP contribution in [0.4, 0.5) is 0 Å². The van der Waals surface area contributed by atoms with Gasteiger partial charge in [0.1, 0.15) is 0 Å². The molecule has 0 radical (unpaired) electrons. The molecule has 0 aromatic heterocycles. The molecule has 0 amide bonds. The lowest BCUT2D eigenvalue weighted by Gasteiger charge is -2.56. The van der Waals surface area contributed by atoms with Crippen LogP contribution in [-0.4, -0.2) is 13.6 Å². The highest BCUT2D eigenvalue weighted by Crippen LogP contribution is 2.60. The van der Waals surface area contributed by atoms with Crippen LogP contribution >= 0.6 is 0 Å². The van der Waals surface area contributed by atoms with Crippen LogP contribution in [0.1, 0.15) is 45.4 Å². The fraction of sp³-hybridized carbons (Fsp3) is 0.867. The molecule has 4 aliphatic rings. The van der Waals surface area contributed by atoms with Crippen LogP contribution in [0.2, 0.25) is 0 Å². The second kappa shape index (κ2) is 3.87. The quantitative estimate of drug-likeness (QED) is 0.718. The molecular weight excluding hydrogens is 194 g/mol. The molecule has 0 unspecified atom stereocenters. The van der Waals surface area contributed by atoms with Gasteiger partial charge in [0.15, 0.2) is 0 Å². The van der Waals surface area contributed by atoms with E-state index in [4.69, 9.17) is 0 Å². The summed E-state index contributed by atoms with van der Waals surface area (Å²) in [7, 11) is 2.05. The van der Waals surface area contributed by atoms with E-state index in [9.17, 15) is 0 Å². The monoisotopic (exact) mass is 219 g/mol. The molecule has 16 heavy (non-hydrogen) atoms. The molecule has 1 N–H and O–H groups in total. The van der Waals surface area contributed by atoms with Crippen molar-refractivity contribution in [2.24, 2.45) is 23.2 Å². The maximum absolute atomic E-state index is 3.28. The van der Waals surface area contributed by atoms with Crippen molar-refractivity contribution in [1.29, 1.82) is 0 Å². The molecule has 0 saturated heterocycles. The van der Waals surface area contributed by atoms with E-state index in [1.165, 1.54) is 19.3 Å². The summed E-state index contributed by atoms with van der Waals surface area (Å²) in [5.41, 5.74) is 2.18. The number of hydrogen-bond acceptors (Lipinski definition) is 1. The van der Waals surface area contributed by atoms with Gasteiger partial charge in [-0.2, -0.15) is 0 Å². The molecule has 1 heteroatoms. The van der Waals surface area contributed by atoms with E-state index < -0.39 is 0 Å². The third-order valence-corrected chi connectivity index (χ3v) is 5.09. The first-order valence-electron chi connectivity index (χ1n) is 7.02. The van der Waals surface area contributed by atoms with Crippen LogP contribution in [0.3, 0.4) is 0 Å². The van der Waals surface area contributed by atoms with Crippen LogP contribution < -0.4 is 5.32 Å². The summed E-state index contributed by atoms with van der Waals surface area (Å²) in [5, 5.41) is 3.28. The van der Waals surface area contributed by atoms with E-state index in [1.807, 2.05) is 0 Å². The fourth-order valence-corrected chi connectivity index (χ4v) is 5.21. The third kappa shape index (κ3) is 1.84. The Bertz CT molecular complexity index is 267. The summed E-state index contributed by atoms with van der Waals surface area (Å²) in [6.45, 7) is 3.37. The van der Waals surface area contributed by atoms with Crippen molar-refractivity contribution in [3.63, 3.8) is 0 Å². The van der Waals surface area contributed by atoms with Crippen molar-refractivity contribution in [3.8, 4) is 0 Å². The Labute approximate surface area is 99.7 Å². The van der Waals surface area contributed by atoms with Gasteiger partial charge in [-0.25, -0.2) is 0 Å². The smallest absolute Gasteiger partial charge is 0.0159 e. The van der Waals surface area contributed by atoms with Gasteiger partial charge in [0.05, 0.1) is 0 Å². The van der Waals surface area contributed by atoms with Crippen LogP contribution in [0, 0.1) is 23.2 Å². The second-order valence-electron chi connectivity index (χ2n) is 6.80. The number of allylic oxidation sites excluding steroid dienone is 1. The molecule has 0 spiro atoms. The number of rotatable bonds is 3. The Morgan fingerprint density at radius 2 is 1.62 bits per heavy atom. The predicted octanol–water partition coefficient (Wildman–Crippen LogP) is 3.37. The Balaban J connectivity index is 1.80. The van der Waals surface area contributed by atoms with Gasteiger partial charge in [-0.05, 0) is 75.7 Å². The molecule has 4 aliphatic carbocycles. The molecule has 0 aliphatic heterocycles. The maximum atomic E-state index is 3.28. The lowest BCUT2D eigenvalue weighted by atomic mass is 9.49. The van der Waals surface area contributed by atoms with E-state index in [1.54, 1.807) is 24.8 Å². The first kappa shape index (κ1) is 10.8. The molecule has 0 aromatic rings. The normalized spacial score (nSPS) is 46.4. The van der Waals surface area contributed by atoms with E-state index in [0.717, 1.165) is 24.3 Å². The Hall–Kier alpha value is -0.300. The summed E-state index contributed by atoms with van der Waals surface area (Å²) >= 11 is 0. The summed E-state index contributed by atoms with van der Waals surface area (Å²) in [4.78, 5) is 0. The van der Waals surface area contributed by atoms with E-state index in [2.05, 4.69) is 25.4 Å². The molecular formula is C15H25N. The molecule has 4 fully saturated rings. The minimum atomic E-state index is 0.621.